The van der Waals surface area contributed by atoms with Gasteiger partial charge in [-0.3, -0.25) is 14.3 Å². The van der Waals surface area contributed by atoms with Gasteiger partial charge in [0.25, 0.3) is 5.56 Å². The number of rotatable bonds is 3. The molecular formula is C20H21ClN4O3. The number of aliphatic hydroxyl groups is 1. The molecule has 0 spiro atoms. The minimum atomic E-state index is -1.20. The van der Waals surface area contributed by atoms with Crippen molar-refractivity contribution in [2.45, 2.75) is 40.2 Å². The fourth-order valence-electron chi connectivity index (χ4n) is 2.87. The predicted octanol–water partition coefficient (Wildman–Crippen LogP) is 3.20. The van der Waals surface area contributed by atoms with Crippen molar-refractivity contribution in [3.05, 3.63) is 62.5 Å². The predicted molar refractivity (Wildman–Crippen MR) is 107 cm³/mol. The summed E-state index contributed by atoms with van der Waals surface area (Å²) in [6, 6.07) is 3.17. The molecule has 0 atom stereocenters. The minimum absolute atomic E-state index is 0.245. The SMILES string of the molecule is Cc1cnc(-c2nc(C(C)(C)O)ncc2C)cc1-n1c(C)cc(O)c(Cl)c1=O. The minimum Gasteiger partial charge on any atom is -0.506 e. The molecule has 0 saturated heterocycles. The molecule has 0 radical (unpaired) electrons. The summed E-state index contributed by atoms with van der Waals surface area (Å²) in [5, 5.41) is 19.8. The molecule has 3 heterocycles. The van der Waals surface area contributed by atoms with Crippen LogP contribution in [0, 0.1) is 20.8 Å². The van der Waals surface area contributed by atoms with Crippen LogP contribution in [0.4, 0.5) is 0 Å². The van der Waals surface area contributed by atoms with E-state index in [1.165, 1.54) is 10.6 Å². The van der Waals surface area contributed by atoms with Gasteiger partial charge in [-0.05, 0) is 51.8 Å². The summed E-state index contributed by atoms with van der Waals surface area (Å²) in [7, 11) is 0. The zero-order chi connectivity index (χ0) is 20.8. The largest absolute Gasteiger partial charge is 0.506 e. The van der Waals surface area contributed by atoms with Gasteiger partial charge < -0.3 is 10.2 Å². The third-order valence-corrected chi connectivity index (χ3v) is 4.75. The Labute approximate surface area is 167 Å². The van der Waals surface area contributed by atoms with Gasteiger partial charge >= 0.3 is 0 Å². The first kappa shape index (κ1) is 20.0. The molecule has 2 N–H and O–H groups in total. The summed E-state index contributed by atoms with van der Waals surface area (Å²) in [6.07, 6.45) is 3.27. The van der Waals surface area contributed by atoms with E-state index in [-0.39, 0.29) is 16.6 Å². The number of aryl methyl sites for hydroxylation is 3. The van der Waals surface area contributed by atoms with Crippen molar-refractivity contribution in [2.24, 2.45) is 0 Å². The molecule has 3 aromatic heterocycles. The number of aromatic nitrogens is 4. The molecule has 0 aliphatic heterocycles. The van der Waals surface area contributed by atoms with E-state index < -0.39 is 11.2 Å². The molecule has 0 unspecified atom stereocenters. The first-order valence-electron chi connectivity index (χ1n) is 8.65. The second-order valence-corrected chi connectivity index (χ2v) is 7.64. The van der Waals surface area contributed by atoms with Crippen LogP contribution in [-0.2, 0) is 5.60 Å². The summed E-state index contributed by atoms with van der Waals surface area (Å²) in [4.78, 5) is 25.8. The van der Waals surface area contributed by atoms with E-state index in [2.05, 4.69) is 15.0 Å². The maximum absolute atomic E-state index is 12.7. The molecule has 3 rings (SSSR count). The highest BCUT2D eigenvalue weighted by atomic mass is 35.5. The van der Waals surface area contributed by atoms with Crippen LogP contribution in [0.1, 0.15) is 36.5 Å². The number of hydrogen-bond acceptors (Lipinski definition) is 6. The van der Waals surface area contributed by atoms with E-state index >= 15 is 0 Å². The second kappa shape index (κ2) is 7.00. The van der Waals surface area contributed by atoms with Crippen LogP contribution in [0.3, 0.4) is 0 Å². The zero-order valence-electron chi connectivity index (χ0n) is 16.3. The normalized spacial score (nSPS) is 11.7. The molecule has 0 aliphatic carbocycles. The van der Waals surface area contributed by atoms with Crippen molar-refractivity contribution < 1.29 is 10.2 Å². The Kier molecular flexibility index (Phi) is 4.99. The Morgan fingerprint density at radius 3 is 2.36 bits per heavy atom. The topological polar surface area (TPSA) is 101 Å². The maximum atomic E-state index is 12.7. The van der Waals surface area contributed by atoms with Crippen molar-refractivity contribution in [3.8, 4) is 22.8 Å². The van der Waals surface area contributed by atoms with E-state index in [0.29, 0.717) is 22.8 Å². The molecular weight excluding hydrogens is 380 g/mol. The van der Waals surface area contributed by atoms with Crippen LogP contribution < -0.4 is 5.56 Å². The van der Waals surface area contributed by atoms with Crippen molar-refractivity contribution in [1.82, 2.24) is 19.5 Å². The number of hydrogen-bond donors (Lipinski definition) is 2. The average molecular weight is 401 g/mol. The molecule has 0 aliphatic rings. The molecule has 28 heavy (non-hydrogen) atoms. The van der Waals surface area contributed by atoms with Crippen molar-refractivity contribution >= 4 is 11.6 Å². The fraction of sp³-hybridized carbons (Fsp3) is 0.300. The Balaban J connectivity index is 2.26. The Morgan fingerprint density at radius 2 is 1.71 bits per heavy atom. The lowest BCUT2D eigenvalue weighted by Gasteiger charge is -2.18. The first-order valence-corrected chi connectivity index (χ1v) is 9.03. The number of nitrogens with zero attached hydrogens (tertiary/aromatic N) is 4. The smallest absolute Gasteiger partial charge is 0.277 e. The molecule has 3 aromatic rings. The van der Waals surface area contributed by atoms with Gasteiger partial charge in [-0.25, -0.2) is 9.97 Å². The Morgan fingerprint density at radius 1 is 1.07 bits per heavy atom. The highest BCUT2D eigenvalue weighted by molar-refractivity contribution is 6.31. The van der Waals surface area contributed by atoms with E-state index in [9.17, 15) is 15.0 Å². The van der Waals surface area contributed by atoms with Crippen LogP contribution in [0.5, 0.6) is 5.75 Å². The lowest BCUT2D eigenvalue weighted by atomic mass is 10.1. The first-order chi connectivity index (χ1) is 13.0. The third-order valence-electron chi connectivity index (χ3n) is 4.39. The van der Waals surface area contributed by atoms with Crippen LogP contribution in [0.25, 0.3) is 17.1 Å². The monoisotopic (exact) mass is 400 g/mol. The van der Waals surface area contributed by atoms with E-state index in [1.54, 1.807) is 39.2 Å². The fourth-order valence-corrected chi connectivity index (χ4v) is 3.01. The van der Waals surface area contributed by atoms with E-state index in [1.807, 2.05) is 13.8 Å². The van der Waals surface area contributed by atoms with Gasteiger partial charge in [-0.1, -0.05) is 11.6 Å². The summed E-state index contributed by atoms with van der Waals surface area (Å²) < 4.78 is 1.43. The quantitative estimate of drug-likeness (QED) is 0.700. The number of halogens is 1. The van der Waals surface area contributed by atoms with Gasteiger partial charge in [0.15, 0.2) is 5.82 Å². The average Bonchev–Trinajstić information content (AvgIpc) is 2.61. The molecule has 0 amide bonds. The lowest BCUT2D eigenvalue weighted by Crippen LogP contribution is -2.22. The van der Waals surface area contributed by atoms with Gasteiger partial charge in [-0.2, -0.15) is 0 Å². The zero-order valence-corrected chi connectivity index (χ0v) is 17.0. The van der Waals surface area contributed by atoms with Gasteiger partial charge in [0.05, 0.1) is 17.1 Å². The second-order valence-electron chi connectivity index (χ2n) is 7.27. The van der Waals surface area contributed by atoms with Crippen molar-refractivity contribution in [1.29, 1.82) is 0 Å². The third kappa shape index (κ3) is 3.50. The number of aromatic hydroxyl groups is 1. The molecule has 0 aromatic carbocycles. The highest BCUT2D eigenvalue weighted by Crippen LogP contribution is 2.27. The summed E-state index contributed by atoms with van der Waals surface area (Å²) in [5.41, 5.74) is 2.02. The maximum Gasteiger partial charge on any atom is 0.277 e. The summed E-state index contributed by atoms with van der Waals surface area (Å²) >= 11 is 5.96. The molecule has 0 bridgehead atoms. The van der Waals surface area contributed by atoms with Crippen molar-refractivity contribution in [2.75, 3.05) is 0 Å². The molecule has 0 saturated carbocycles. The Bertz CT molecular complexity index is 1130. The molecule has 8 heteroatoms. The molecule has 146 valence electrons. The van der Waals surface area contributed by atoms with Crippen LogP contribution in [-0.4, -0.2) is 29.7 Å². The van der Waals surface area contributed by atoms with Gasteiger partial charge in [0.2, 0.25) is 0 Å². The van der Waals surface area contributed by atoms with Gasteiger partial charge in [-0.15, -0.1) is 0 Å². The van der Waals surface area contributed by atoms with Crippen LogP contribution in [0.15, 0.2) is 29.3 Å². The van der Waals surface area contributed by atoms with Gasteiger partial charge in [0, 0.05) is 24.2 Å². The number of pyridine rings is 2. The molecule has 0 fully saturated rings. The van der Waals surface area contributed by atoms with Crippen LogP contribution >= 0.6 is 11.6 Å². The van der Waals surface area contributed by atoms with Crippen molar-refractivity contribution in [3.63, 3.8) is 0 Å². The Hall–Kier alpha value is -2.77. The summed E-state index contributed by atoms with van der Waals surface area (Å²) in [5.74, 6) is 0.0202. The molecule has 7 nitrogen and oxygen atoms in total. The van der Waals surface area contributed by atoms with Gasteiger partial charge in [0.1, 0.15) is 16.4 Å². The summed E-state index contributed by atoms with van der Waals surface area (Å²) in [6.45, 7) is 8.60. The standard InChI is InChI=1S/C20H21ClN4O3/c1-10-8-22-13(17-11(2)9-23-19(24-17)20(4,5)28)7-14(10)25-12(3)6-15(26)16(21)18(25)27/h6-9,26,28H,1-5H3. The lowest BCUT2D eigenvalue weighted by molar-refractivity contribution is 0.0688. The van der Waals surface area contributed by atoms with E-state index in [0.717, 1.165) is 11.1 Å². The van der Waals surface area contributed by atoms with E-state index in [4.69, 9.17) is 11.6 Å². The highest BCUT2D eigenvalue weighted by Gasteiger charge is 2.22. The van der Waals surface area contributed by atoms with Crippen LogP contribution in [0.2, 0.25) is 5.02 Å².